The van der Waals surface area contributed by atoms with Crippen LogP contribution in [0.15, 0.2) is 36.4 Å². The largest absolute Gasteiger partial charge is 0.504 e. The molecule has 1 saturated heterocycles. The Kier molecular flexibility index (Phi) is 1.92. The third-order valence-corrected chi connectivity index (χ3v) is 5.55. The molecule has 0 amide bonds. The van der Waals surface area contributed by atoms with E-state index in [1.54, 1.807) is 6.07 Å². The molecule has 1 heterocycles. The van der Waals surface area contributed by atoms with Gasteiger partial charge in [-0.3, -0.25) is 0 Å². The minimum absolute atomic E-state index is 0.0369. The summed E-state index contributed by atoms with van der Waals surface area (Å²) in [6, 6.07) is 12.1. The summed E-state index contributed by atoms with van der Waals surface area (Å²) in [5.74, 6) is -0.103. The summed E-state index contributed by atoms with van der Waals surface area (Å²) in [6.45, 7) is 0. The highest BCUT2D eigenvalue weighted by atomic mass is 16.6. The first-order valence-electron chi connectivity index (χ1n) is 8.03. The Bertz CT molecular complexity index is 1130. The first-order valence-corrected chi connectivity index (χ1v) is 8.03. The molecule has 2 unspecified atom stereocenters. The summed E-state index contributed by atoms with van der Waals surface area (Å²) in [5, 5.41) is 26.5. The van der Waals surface area contributed by atoms with Crippen molar-refractivity contribution < 1.29 is 14.9 Å². The normalized spacial score (nSPS) is 22.6. The van der Waals surface area contributed by atoms with Crippen molar-refractivity contribution in [1.82, 2.24) is 0 Å². The van der Waals surface area contributed by atoms with Crippen molar-refractivity contribution in [3.63, 3.8) is 0 Å². The summed E-state index contributed by atoms with van der Waals surface area (Å²) >= 11 is 0. The van der Waals surface area contributed by atoms with Crippen LogP contribution in [-0.4, -0.2) is 16.3 Å². The number of aryl methyl sites for hydroxylation is 1. The average Bonchev–Trinajstić information content (AvgIpc) is 3.35. The van der Waals surface area contributed by atoms with Crippen LogP contribution in [0.4, 0.5) is 0 Å². The number of phenols is 2. The second-order valence-corrected chi connectivity index (χ2v) is 6.75. The van der Waals surface area contributed by atoms with E-state index in [9.17, 15) is 10.2 Å². The van der Waals surface area contributed by atoms with Crippen LogP contribution in [0.25, 0.3) is 32.3 Å². The van der Waals surface area contributed by atoms with E-state index < -0.39 is 0 Å². The lowest BCUT2D eigenvalue weighted by Crippen LogP contribution is -2.05. The van der Waals surface area contributed by atoms with Gasteiger partial charge in [0.1, 0.15) is 6.10 Å². The van der Waals surface area contributed by atoms with Crippen LogP contribution < -0.4 is 0 Å². The number of hydrogen-bond acceptors (Lipinski definition) is 3. The molecule has 2 aliphatic rings. The van der Waals surface area contributed by atoms with E-state index >= 15 is 0 Å². The van der Waals surface area contributed by atoms with Crippen molar-refractivity contribution in [3.8, 4) is 11.5 Å². The third kappa shape index (κ3) is 1.35. The SMILES string of the molecule is Oc1cc2ccc3cc4c(c5ccc(c1O)c2c35)C1OC1CC4. The molecule has 3 nitrogen and oxygen atoms in total. The van der Waals surface area contributed by atoms with Crippen LogP contribution in [0.2, 0.25) is 0 Å². The van der Waals surface area contributed by atoms with E-state index in [0.717, 1.165) is 23.6 Å². The molecule has 0 aromatic heterocycles. The number of epoxide rings is 1. The van der Waals surface area contributed by atoms with Gasteiger partial charge in [0.2, 0.25) is 0 Å². The standard InChI is InChI=1S/C20H14O3/c21-14-8-11-2-1-9-7-10-3-6-15-20(23-15)18(10)12-4-5-13(19(14)22)17(11)16(9)12/h1-2,4-5,7-8,15,20-22H,3,6H2. The van der Waals surface area contributed by atoms with Crippen molar-refractivity contribution in [3.05, 3.63) is 47.5 Å². The molecular weight excluding hydrogens is 288 g/mol. The molecule has 1 aliphatic heterocycles. The van der Waals surface area contributed by atoms with Crippen molar-refractivity contribution >= 4 is 32.3 Å². The topological polar surface area (TPSA) is 53.0 Å². The van der Waals surface area contributed by atoms with E-state index in [1.807, 2.05) is 12.1 Å². The molecule has 112 valence electrons. The van der Waals surface area contributed by atoms with Gasteiger partial charge < -0.3 is 14.9 Å². The zero-order chi connectivity index (χ0) is 15.3. The summed E-state index contributed by atoms with van der Waals surface area (Å²) in [4.78, 5) is 0. The Balaban J connectivity index is 1.89. The van der Waals surface area contributed by atoms with Gasteiger partial charge in [-0.15, -0.1) is 0 Å². The maximum absolute atomic E-state index is 10.3. The van der Waals surface area contributed by atoms with Crippen molar-refractivity contribution in [2.75, 3.05) is 0 Å². The van der Waals surface area contributed by atoms with Gasteiger partial charge in [0.15, 0.2) is 11.5 Å². The second-order valence-electron chi connectivity index (χ2n) is 6.75. The van der Waals surface area contributed by atoms with E-state index in [4.69, 9.17) is 4.74 Å². The fraction of sp³-hybridized carbons (Fsp3) is 0.200. The Labute approximate surface area is 132 Å². The van der Waals surface area contributed by atoms with Gasteiger partial charge in [-0.2, -0.15) is 0 Å². The molecule has 1 fully saturated rings. The van der Waals surface area contributed by atoms with E-state index in [1.165, 1.54) is 27.3 Å². The molecule has 23 heavy (non-hydrogen) atoms. The first kappa shape index (κ1) is 12.0. The van der Waals surface area contributed by atoms with E-state index in [2.05, 4.69) is 18.2 Å². The first-order chi connectivity index (χ1) is 11.2. The molecule has 4 aromatic rings. The van der Waals surface area contributed by atoms with Crippen molar-refractivity contribution in [2.24, 2.45) is 0 Å². The van der Waals surface area contributed by atoms with Gasteiger partial charge in [0.05, 0.1) is 6.10 Å². The van der Waals surface area contributed by atoms with Gasteiger partial charge in [-0.25, -0.2) is 0 Å². The van der Waals surface area contributed by atoms with Crippen molar-refractivity contribution in [1.29, 1.82) is 0 Å². The zero-order valence-corrected chi connectivity index (χ0v) is 12.3. The molecule has 1 aliphatic carbocycles. The number of phenolic OH excluding ortho intramolecular Hbond substituents is 2. The van der Waals surface area contributed by atoms with Gasteiger partial charge in [0, 0.05) is 10.8 Å². The van der Waals surface area contributed by atoms with Gasteiger partial charge >= 0.3 is 0 Å². The van der Waals surface area contributed by atoms with Crippen LogP contribution in [0.3, 0.4) is 0 Å². The maximum Gasteiger partial charge on any atom is 0.165 e. The lowest BCUT2D eigenvalue weighted by molar-refractivity contribution is 0.373. The van der Waals surface area contributed by atoms with E-state index in [-0.39, 0.29) is 17.6 Å². The molecule has 4 aromatic carbocycles. The number of benzene rings is 4. The van der Waals surface area contributed by atoms with Gasteiger partial charge in [-0.05, 0) is 57.6 Å². The monoisotopic (exact) mass is 302 g/mol. The number of rotatable bonds is 0. The summed E-state index contributed by atoms with van der Waals surface area (Å²) in [5.41, 5.74) is 2.72. The highest BCUT2D eigenvalue weighted by molar-refractivity contribution is 6.25. The van der Waals surface area contributed by atoms with Gasteiger partial charge in [-0.1, -0.05) is 24.3 Å². The molecule has 0 radical (unpaired) electrons. The Morgan fingerprint density at radius 1 is 0.913 bits per heavy atom. The molecule has 0 saturated carbocycles. The molecular formula is C20H14O3. The number of fused-ring (bicyclic) bond motifs is 4. The predicted molar refractivity (Wildman–Crippen MR) is 89.4 cm³/mol. The highest BCUT2D eigenvalue weighted by Gasteiger charge is 2.45. The zero-order valence-electron chi connectivity index (χ0n) is 12.3. The summed E-state index contributed by atoms with van der Waals surface area (Å²) < 4.78 is 5.85. The molecule has 3 heteroatoms. The smallest absolute Gasteiger partial charge is 0.165 e. The van der Waals surface area contributed by atoms with Crippen LogP contribution >= 0.6 is 0 Å². The average molecular weight is 302 g/mol. The molecule has 2 atom stereocenters. The summed E-state index contributed by atoms with van der Waals surface area (Å²) in [6.07, 6.45) is 2.81. The van der Waals surface area contributed by atoms with Crippen LogP contribution in [0, 0.1) is 0 Å². The highest BCUT2D eigenvalue weighted by Crippen LogP contribution is 2.52. The number of hydrogen-bond donors (Lipinski definition) is 2. The number of ether oxygens (including phenoxy) is 1. The second kappa shape index (κ2) is 3.69. The minimum Gasteiger partial charge on any atom is -0.504 e. The Morgan fingerprint density at radius 3 is 2.52 bits per heavy atom. The fourth-order valence-electron chi connectivity index (χ4n) is 4.46. The lowest BCUT2D eigenvalue weighted by Gasteiger charge is -2.19. The van der Waals surface area contributed by atoms with E-state index in [0.29, 0.717) is 11.5 Å². The van der Waals surface area contributed by atoms with Crippen LogP contribution in [0.1, 0.15) is 23.7 Å². The number of aromatic hydroxyl groups is 2. The van der Waals surface area contributed by atoms with Gasteiger partial charge in [0.25, 0.3) is 0 Å². The van der Waals surface area contributed by atoms with Crippen LogP contribution in [-0.2, 0) is 11.2 Å². The Hall–Kier alpha value is -2.52. The maximum atomic E-state index is 10.3. The lowest BCUT2D eigenvalue weighted by atomic mass is 9.83. The quantitative estimate of drug-likeness (QED) is 0.288. The minimum atomic E-state index is -0.0662. The molecule has 6 rings (SSSR count). The van der Waals surface area contributed by atoms with Crippen LogP contribution in [0.5, 0.6) is 11.5 Å². The Morgan fingerprint density at radius 2 is 1.65 bits per heavy atom. The van der Waals surface area contributed by atoms with Crippen molar-refractivity contribution in [2.45, 2.75) is 25.0 Å². The molecule has 0 spiro atoms. The summed E-state index contributed by atoms with van der Waals surface area (Å²) in [7, 11) is 0. The molecule has 2 N–H and O–H groups in total. The molecule has 0 bridgehead atoms. The fourth-order valence-corrected chi connectivity index (χ4v) is 4.46. The third-order valence-electron chi connectivity index (χ3n) is 5.55. The predicted octanol–water partition coefficient (Wildman–Crippen LogP) is 4.38.